The van der Waals surface area contributed by atoms with Crippen molar-refractivity contribution in [3.05, 3.63) is 12.2 Å². The number of esters is 2. The van der Waals surface area contributed by atoms with Crippen molar-refractivity contribution in [2.75, 3.05) is 13.2 Å². The average Bonchev–Trinajstić information content (AvgIpc) is 2.69. The van der Waals surface area contributed by atoms with E-state index in [0.29, 0.717) is 43.3 Å². The molecule has 31 heavy (non-hydrogen) atoms. The molecule has 0 aromatic heterocycles. The maximum Gasteiger partial charge on any atom is 0.310 e. The zero-order valence-electron chi connectivity index (χ0n) is 21.2. The van der Waals surface area contributed by atoms with Crippen LogP contribution in [0.1, 0.15) is 93.4 Å². The predicted molar refractivity (Wildman–Crippen MR) is 128 cm³/mol. The van der Waals surface area contributed by atoms with Gasteiger partial charge < -0.3 is 9.47 Å². The van der Waals surface area contributed by atoms with Gasteiger partial charge in [-0.25, -0.2) is 0 Å². The highest BCUT2D eigenvalue weighted by atomic mass is 16.5. The fraction of sp³-hybridized carbons (Fsp3) is 0.852. The first-order chi connectivity index (χ1) is 14.6. The van der Waals surface area contributed by atoms with E-state index in [-0.39, 0.29) is 17.9 Å². The molecule has 180 valence electrons. The molecule has 0 saturated carbocycles. The average molecular weight is 437 g/mol. The van der Waals surface area contributed by atoms with Crippen LogP contribution in [-0.2, 0) is 19.1 Å². The third-order valence-electron chi connectivity index (χ3n) is 6.38. The summed E-state index contributed by atoms with van der Waals surface area (Å²) in [4.78, 5) is 25.7. The quantitative estimate of drug-likeness (QED) is 0.221. The molecule has 0 aromatic rings. The first kappa shape index (κ1) is 27.7. The maximum atomic E-state index is 12.9. The van der Waals surface area contributed by atoms with Crippen LogP contribution < -0.4 is 0 Å². The van der Waals surface area contributed by atoms with Crippen molar-refractivity contribution in [2.45, 2.75) is 93.4 Å². The second-order valence-corrected chi connectivity index (χ2v) is 10.8. The predicted octanol–water partition coefficient (Wildman–Crippen LogP) is 6.83. The number of rotatable bonds is 14. The number of carbonyl (C=O) groups is 2. The molecule has 0 aromatic carbocycles. The van der Waals surface area contributed by atoms with Crippen LogP contribution in [-0.4, -0.2) is 25.2 Å². The second-order valence-electron chi connectivity index (χ2n) is 10.8. The zero-order chi connectivity index (χ0) is 23.4. The molecule has 1 aliphatic rings. The lowest BCUT2D eigenvalue weighted by Crippen LogP contribution is -2.38. The number of hydrogen-bond acceptors (Lipinski definition) is 4. The molecule has 0 N–H and O–H groups in total. The summed E-state index contributed by atoms with van der Waals surface area (Å²) in [5.74, 6) is 0.690. The van der Waals surface area contributed by atoms with Gasteiger partial charge in [0.05, 0.1) is 25.0 Å². The van der Waals surface area contributed by atoms with Crippen LogP contribution in [0.25, 0.3) is 0 Å². The third kappa shape index (κ3) is 11.2. The fourth-order valence-electron chi connectivity index (χ4n) is 4.26. The smallest absolute Gasteiger partial charge is 0.310 e. The molecule has 0 spiro atoms. The highest BCUT2D eigenvalue weighted by molar-refractivity contribution is 5.83. The van der Waals surface area contributed by atoms with Crippen molar-refractivity contribution in [1.29, 1.82) is 0 Å². The lowest BCUT2D eigenvalue weighted by molar-refractivity contribution is -0.164. The molecular formula is C27H48O4. The Morgan fingerprint density at radius 3 is 1.77 bits per heavy atom. The molecule has 0 amide bonds. The van der Waals surface area contributed by atoms with Crippen LogP contribution in [0.5, 0.6) is 0 Å². The van der Waals surface area contributed by atoms with E-state index in [0.717, 1.165) is 25.7 Å². The van der Waals surface area contributed by atoms with Crippen molar-refractivity contribution in [1.82, 2.24) is 0 Å². The van der Waals surface area contributed by atoms with E-state index in [2.05, 4.69) is 41.5 Å². The van der Waals surface area contributed by atoms with E-state index in [1.54, 1.807) is 0 Å². The summed E-state index contributed by atoms with van der Waals surface area (Å²) < 4.78 is 11.3. The van der Waals surface area contributed by atoms with Crippen LogP contribution in [0.4, 0.5) is 0 Å². The fourth-order valence-corrected chi connectivity index (χ4v) is 4.26. The number of allylic oxidation sites excluding steroid dienone is 2. The number of carbonyl (C=O) groups excluding carboxylic acids is 2. The zero-order valence-corrected chi connectivity index (χ0v) is 21.2. The Morgan fingerprint density at radius 1 is 0.806 bits per heavy atom. The lowest BCUT2D eigenvalue weighted by Gasteiger charge is -2.30. The standard InChI is InChI=1S/C27H48O4/c1-19(2)11-8-13-21(5)17-30-26(28)24-16-10-15-23(7)25(24)27(29)31-18-22(6)14-9-12-20(3)4/h10,15,19-25H,8-9,11-14,16-18H2,1-7H3. The van der Waals surface area contributed by atoms with Crippen LogP contribution in [0, 0.1) is 41.4 Å². The van der Waals surface area contributed by atoms with E-state index < -0.39 is 11.8 Å². The van der Waals surface area contributed by atoms with E-state index in [4.69, 9.17) is 9.47 Å². The van der Waals surface area contributed by atoms with Gasteiger partial charge in [0.1, 0.15) is 0 Å². The highest BCUT2D eigenvalue weighted by Crippen LogP contribution is 2.33. The largest absolute Gasteiger partial charge is 0.465 e. The highest BCUT2D eigenvalue weighted by Gasteiger charge is 2.40. The molecule has 5 atom stereocenters. The van der Waals surface area contributed by atoms with Gasteiger partial charge in [-0.15, -0.1) is 0 Å². The second kappa shape index (κ2) is 14.7. The third-order valence-corrected chi connectivity index (χ3v) is 6.38. The Labute approximate surface area is 191 Å². The summed E-state index contributed by atoms with van der Waals surface area (Å²) in [7, 11) is 0. The Balaban J connectivity index is 2.52. The van der Waals surface area contributed by atoms with Crippen LogP contribution >= 0.6 is 0 Å². The van der Waals surface area contributed by atoms with Crippen molar-refractivity contribution >= 4 is 11.9 Å². The van der Waals surface area contributed by atoms with Gasteiger partial charge in [0, 0.05) is 0 Å². The molecule has 0 radical (unpaired) electrons. The van der Waals surface area contributed by atoms with Gasteiger partial charge in [0.25, 0.3) is 0 Å². The van der Waals surface area contributed by atoms with Crippen molar-refractivity contribution < 1.29 is 19.1 Å². The first-order valence-corrected chi connectivity index (χ1v) is 12.6. The summed E-state index contributed by atoms with van der Waals surface area (Å²) >= 11 is 0. The van der Waals surface area contributed by atoms with Gasteiger partial charge in [0.15, 0.2) is 0 Å². The van der Waals surface area contributed by atoms with Gasteiger partial charge in [0.2, 0.25) is 0 Å². The molecular weight excluding hydrogens is 388 g/mol. The summed E-state index contributed by atoms with van der Waals surface area (Å²) in [6, 6.07) is 0. The molecule has 0 aliphatic heterocycles. The molecule has 0 heterocycles. The summed E-state index contributed by atoms with van der Waals surface area (Å²) in [6.45, 7) is 16.0. The van der Waals surface area contributed by atoms with Crippen LogP contribution in [0.2, 0.25) is 0 Å². The minimum Gasteiger partial charge on any atom is -0.465 e. The lowest BCUT2D eigenvalue weighted by atomic mass is 9.76. The minimum atomic E-state index is -0.448. The Bertz CT molecular complexity index is 551. The monoisotopic (exact) mass is 436 g/mol. The Kier molecular flexibility index (Phi) is 13.1. The first-order valence-electron chi connectivity index (χ1n) is 12.6. The molecule has 0 fully saturated rings. The normalized spacial score (nSPS) is 23.1. The van der Waals surface area contributed by atoms with Gasteiger partial charge in [-0.1, -0.05) is 86.3 Å². The van der Waals surface area contributed by atoms with Gasteiger partial charge in [-0.05, 0) is 48.9 Å². The SMILES string of the molecule is CC(C)CCCC(C)COC(=O)C1CC=CC(C)C1C(=O)OCC(C)CCCC(C)C. The van der Waals surface area contributed by atoms with Crippen molar-refractivity contribution in [3.8, 4) is 0 Å². The molecule has 4 nitrogen and oxygen atoms in total. The van der Waals surface area contributed by atoms with E-state index >= 15 is 0 Å². The summed E-state index contributed by atoms with van der Waals surface area (Å²) in [5, 5.41) is 0. The molecule has 1 rings (SSSR count). The van der Waals surface area contributed by atoms with Crippen LogP contribution in [0.15, 0.2) is 12.2 Å². The summed E-state index contributed by atoms with van der Waals surface area (Å²) in [6.07, 6.45) is 11.4. The molecule has 0 saturated heterocycles. The molecule has 0 bridgehead atoms. The van der Waals surface area contributed by atoms with Gasteiger partial charge in [-0.2, -0.15) is 0 Å². The molecule has 4 heteroatoms. The van der Waals surface area contributed by atoms with E-state index in [9.17, 15) is 9.59 Å². The van der Waals surface area contributed by atoms with Crippen molar-refractivity contribution in [2.24, 2.45) is 41.4 Å². The number of hydrogen-bond donors (Lipinski definition) is 0. The Hall–Kier alpha value is -1.32. The minimum absolute atomic E-state index is 0.0153. The van der Waals surface area contributed by atoms with Gasteiger partial charge in [-0.3, -0.25) is 9.59 Å². The summed E-state index contributed by atoms with van der Waals surface area (Å²) in [5.41, 5.74) is 0. The molecule has 5 unspecified atom stereocenters. The van der Waals surface area contributed by atoms with E-state index in [1.807, 2.05) is 19.1 Å². The van der Waals surface area contributed by atoms with Crippen molar-refractivity contribution in [3.63, 3.8) is 0 Å². The maximum absolute atomic E-state index is 12.9. The van der Waals surface area contributed by atoms with E-state index in [1.165, 1.54) is 12.8 Å². The van der Waals surface area contributed by atoms with Gasteiger partial charge >= 0.3 is 11.9 Å². The molecule has 1 aliphatic carbocycles. The topological polar surface area (TPSA) is 52.6 Å². The Morgan fingerprint density at radius 2 is 1.29 bits per heavy atom. The number of ether oxygens (including phenoxy) is 2. The van der Waals surface area contributed by atoms with Crippen LogP contribution in [0.3, 0.4) is 0 Å².